The largest absolute Gasteiger partial charge is 0.456 e. The lowest BCUT2D eigenvalue weighted by Crippen LogP contribution is -2.23. The third-order valence-electron chi connectivity index (χ3n) is 2.14. The zero-order valence-electron chi connectivity index (χ0n) is 10.3. The molecule has 0 fully saturated rings. The van der Waals surface area contributed by atoms with Crippen LogP contribution in [-0.2, 0) is 14.9 Å². The van der Waals surface area contributed by atoms with Gasteiger partial charge in [-0.1, -0.05) is 0 Å². The van der Waals surface area contributed by atoms with Crippen molar-refractivity contribution in [2.45, 2.75) is 26.4 Å². The van der Waals surface area contributed by atoms with Crippen molar-refractivity contribution in [2.24, 2.45) is 0 Å². The molecule has 2 N–H and O–H groups in total. The lowest BCUT2D eigenvalue weighted by Gasteiger charge is -2.19. The molecule has 0 aliphatic carbocycles. The second-order valence-electron chi connectivity index (χ2n) is 4.97. The quantitative estimate of drug-likeness (QED) is 0.761. The second-order valence-corrected chi connectivity index (χ2v) is 6.38. The molecule has 0 amide bonds. The van der Waals surface area contributed by atoms with E-state index in [0.29, 0.717) is 16.9 Å². The molecule has 0 spiro atoms. The van der Waals surface area contributed by atoms with E-state index in [1.807, 2.05) is 0 Å². The predicted molar refractivity (Wildman–Crippen MR) is 67.8 cm³/mol. The summed E-state index contributed by atoms with van der Waals surface area (Å²) < 4.78 is 32.3. The molecule has 6 nitrogen and oxygen atoms in total. The first-order chi connectivity index (χ1) is 8.16. The van der Waals surface area contributed by atoms with Gasteiger partial charge in [0.1, 0.15) is 5.60 Å². The number of nitrogens with one attached hydrogen (secondary N) is 2. The van der Waals surface area contributed by atoms with Gasteiger partial charge in [0.15, 0.2) is 0 Å². The normalized spacial score (nSPS) is 16.4. The molecule has 1 aromatic rings. The summed E-state index contributed by atoms with van der Waals surface area (Å²) in [6, 6.07) is 4.48. The van der Waals surface area contributed by atoms with Crippen LogP contribution in [-0.4, -0.2) is 20.0 Å². The van der Waals surface area contributed by atoms with Crippen molar-refractivity contribution in [3.63, 3.8) is 0 Å². The smallest absolute Gasteiger partial charge is 0.338 e. The van der Waals surface area contributed by atoms with Crippen molar-refractivity contribution in [3.05, 3.63) is 23.8 Å². The Bertz CT molecular complexity index is 602. The Labute approximate surface area is 106 Å². The van der Waals surface area contributed by atoms with E-state index in [0.717, 1.165) is 0 Å². The number of carbonyl (C=O) groups is 1. The Kier molecular flexibility index (Phi) is 2.73. The van der Waals surface area contributed by atoms with Gasteiger partial charge in [0, 0.05) is 0 Å². The lowest BCUT2D eigenvalue weighted by molar-refractivity contribution is 0.00696. The van der Waals surface area contributed by atoms with Crippen LogP contribution in [0.4, 0.5) is 11.4 Å². The molecule has 1 heterocycles. The van der Waals surface area contributed by atoms with E-state index >= 15 is 0 Å². The Morgan fingerprint density at radius 2 is 1.78 bits per heavy atom. The molecule has 18 heavy (non-hydrogen) atoms. The molecule has 0 radical (unpaired) electrons. The van der Waals surface area contributed by atoms with Crippen LogP contribution in [0.1, 0.15) is 31.1 Å². The van der Waals surface area contributed by atoms with Crippen molar-refractivity contribution in [2.75, 3.05) is 9.44 Å². The second kappa shape index (κ2) is 3.88. The molecule has 1 aliphatic rings. The molecular formula is C11H14N2O4S. The first kappa shape index (κ1) is 12.7. The number of carbonyl (C=O) groups excluding carboxylic acids is 1. The van der Waals surface area contributed by atoms with E-state index in [1.165, 1.54) is 18.2 Å². The van der Waals surface area contributed by atoms with Crippen molar-refractivity contribution in [1.82, 2.24) is 0 Å². The first-order valence-electron chi connectivity index (χ1n) is 5.34. The standard InChI is InChI=1S/C11H14N2O4S/c1-11(2,3)17-10(14)7-4-5-8-9(6-7)13-18(15,16)12-8/h4-6,12-13H,1-3H3. The van der Waals surface area contributed by atoms with Crippen LogP contribution in [0.2, 0.25) is 0 Å². The lowest BCUT2D eigenvalue weighted by atomic mass is 10.1. The Hall–Kier alpha value is -1.76. The first-order valence-corrected chi connectivity index (χ1v) is 6.83. The third kappa shape index (κ3) is 2.73. The van der Waals surface area contributed by atoms with Crippen LogP contribution >= 0.6 is 0 Å². The third-order valence-corrected chi connectivity index (χ3v) is 3.12. The van der Waals surface area contributed by atoms with Gasteiger partial charge in [-0.05, 0) is 39.0 Å². The molecule has 0 aromatic heterocycles. The van der Waals surface area contributed by atoms with Crippen molar-refractivity contribution in [3.8, 4) is 0 Å². The molecule has 0 saturated heterocycles. The van der Waals surface area contributed by atoms with Crippen LogP contribution < -0.4 is 9.44 Å². The van der Waals surface area contributed by atoms with Gasteiger partial charge in [0.25, 0.3) is 0 Å². The number of fused-ring (bicyclic) bond motifs is 1. The van der Waals surface area contributed by atoms with E-state index in [1.54, 1.807) is 20.8 Å². The molecule has 2 rings (SSSR count). The Morgan fingerprint density at radius 3 is 2.39 bits per heavy atom. The highest BCUT2D eigenvalue weighted by molar-refractivity contribution is 7.94. The maximum Gasteiger partial charge on any atom is 0.338 e. The van der Waals surface area contributed by atoms with Crippen LogP contribution in [0.25, 0.3) is 0 Å². The molecule has 1 aliphatic heterocycles. The number of esters is 1. The highest BCUT2D eigenvalue weighted by Crippen LogP contribution is 2.31. The highest BCUT2D eigenvalue weighted by atomic mass is 32.2. The number of hydrogen-bond donors (Lipinski definition) is 2. The number of anilines is 2. The highest BCUT2D eigenvalue weighted by Gasteiger charge is 2.24. The molecule has 0 unspecified atom stereocenters. The fraction of sp³-hybridized carbons (Fsp3) is 0.364. The topological polar surface area (TPSA) is 84.5 Å². The zero-order chi connectivity index (χ0) is 13.6. The van der Waals surface area contributed by atoms with Crippen molar-refractivity contribution >= 4 is 27.6 Å². The molecule has 0 bridgehead atoms. The van der Waals surface area contributed by atoms with Crippen molar-refractivity contribution < 1.29 is 17.9 Å². The molecule has 0 saturated carbocycles. The summed E-state index contributed by atoms with van der Waals surface area (Å²) in [6.45, 7) is 5.30. The minimum atomic E-state index is -3.54. The van der Waals surface area contributed by atoms with E-state index in [-0.39, 0.29) is 0 Å². The van der Waals surface area contributed by atoms with Gasteiger partial charge in [0.05, 0.1) is 16.9 Å². The number of ether oxygens (including phenoxy) is 1. The Morgan fingerprint density at radius 1 is 1.17 bits per heavy atom. The van der Waals surface area contributed by atoms with Gasteiger partial charge in [-0.25, -0.2) is 4.79 Å². The summed E-state index contributed by atoms with van der Waals surface area (Å²) in [6.07, 6.45) is 0. The summed E-state index contributed by atoms with van der Waals surface area (Å²) >= 11 is 0. The average Bonchev–Trinajstić information content (AvgIpc) is 2.47. The average molecular weight is 270 g/mol. The van der Waals surface area contributed by atoms with Gasteiger partial charge in [-0.15, -0.1) is 0 Å². The number of hydrogen-bond acceptors (Lipinski definition) is 4. The fourth-order valence-corrected chi connectivity index (χ4v) is 2.47. The fourth-order valence-electron chi connectivity index (χ4n) is 1.50. The van der Waals surface area contributed by atoms with Gasteiger partial charge in [-0.3, -0.25) is 9.44 Å². The van der Waals surface area contributed by atoms with Crippen LogP contribution in [0.3, 0.4) is 0 Å². The van der Waals surface area contributed by atoms with E-state index in [4.69, 9.17) is 4.74 Å². The van der Waals surface area contributed by atoms with Gasteiger partial charge >= 0.3 is 16.2 Å². The van der Waals surface area contributed by atoms with Gasteiger partial charge < -0.3 is 4.74 Å². The summed E-state index contributed by atoms with van der Waals surface area (Å²) in [4.78, 5) is 11.8. The van der Waals surface area contributed by atoms with Crippen LogP contribution in [0, 0.1) is 0 Å². The predicted octanol–water partition coefficient (Wildman–Crippen LogP) is 1.72. The van der Waals surface area contributed by atoms with Crippen LogP contribution in [0.15, 0.2) is 18.2 Å². The molecular weight excluding hydrogens is 256 g/mol. The summed E-state index contributed by atoms with van der Waals surface area (Å²) in [5, 5.41) is 0. The molecule has 1 aromatic carbocycles. The van der Waals surface area contributed by atoms with Gasteiger partial charge in [0.2, 0.25) is 0 Å². The summed E-state index contributed by atoms with van der Waals surface area (Å²) in [7, 11) is -3.54. The summed E-state index contributed by atoms with van der Waals surface area (Å²) in [5.41, 5.74) is 0.476. The van der Waals surface area contributed by atoms with E-state index in [2.05, 4.69) is 9.44 Å². The van der Waals surface area contributed by atoms with Gasteiger partial charge in [-0.2, -0.15) is 8.42 Å². The Balaban J connectivity index is 2.27. The molecule has 7 heteroatoms. The summed E-state index contributed by atoms with van der Waals surface area (Å²) in [5.74, 6) is -0.489. The molecule has 0 atom stereocenters. The minimum Gasteiger partial charge on any atom is -0.456 e. The minimum absolute atomic E-state index is 0.301. The SMILES string of the molecule is CC(C)(C)OC(=O)c1ccc2c(c1)NS(=O)(=O)N2. The van der Waals surface area contributed by atoms with Crippen molar-refractivity contribution in [1.29, 1.82) is 0 Å². The number of benzene rings is 1. The maximum atomic E-state index is 11.8. The zero-order valence-corrected chi connectivity index (χ0v) is 11.1. The van der Waals surface area contributed by atoms with E-state index in [9.17, 15) is 13.2 Å². The van der Waals surface area contributed by atoms with Crippen LogP contribution in [0.5, 0.6) is 0 Å². The maximum absolute atomic E-state index is 11.8. The monoisotopic (exact) mass is 270 g/mol. The number of rotatable bonds is 1. The molecule has 98 valence electrons. The van der Waals surface area contributed by atoms with E-state index < -0.39 is 21.8 Å².